The van der Waals surface area contributed by atoms with Crippen molar-refractivity contribution in [3.8, 4) is 0 Å². The Morgan fingerprint density at radius 2 is 1.64 bits per heavy atom. The van der Waals surface area contributed by atoms with Crippen LogP contribution in [-0.2, 0) is 13.2 Å². The highest BCUT2D eigenvalue weighted by Crippen LogP contribution is 2.16. The standard InChI is InChI=1S/C21H19N3O/c1-23(14-16-10-11-17-6-2-3-7-18(17)12-16)15-24-21(25)20-9-5-4-8-19(20)13-22-24/h2-13H,14-15H2,1H3. The van der Waals surface area contributed by atoms with Crippen molar-refractivity contribution in [3.05, 3.63) is 88.8 Å². The average molecular weight is 329 g/mol. The Morgan fingerprint density at radius 1 is 0.920 bits per heavy atom. The summed E-state index contributed by atoms with van der Waals surface area (Å²) in [6.07, 6.45) is 1.75. The smallest absolute Gasteiger partial charge is 0.275 e. The molecular weight excluding hydrogens is 310 g/mol. The molecule has 3 aromatic carbocycles. The topological polar surface area (TPSA) is 38.1 Å². The molecule has 0 aliphatic heterocycles. The van der Waals surface area contributed by atoms with Crippen LogP contribution >= 0.6 is 0 Å². The normalized spacial score (nSPS) is 11.4. The summed E-state index contributed by atoms with van der Waals surface area (Å²) in [6, 6.07) is 22.4. The van der Waals surface area contributed by atoms with Gasteiger partial charge in [0.15, 0.2) is 0 Å². The first-order valence-corrected chi connectivity index (χ1v) is 8.32. The van der Waals surface area contributed by atoms with E-state index in [-0.39, 0.29) is 5.56 Å². The number of aromatic nitrogens is 2. The minimum atomic E-state index is -0.0524. The first-order chi connectivity index (χ1) is 12.2. The van der Waals surface area contributed by atoms with Crippen LogP contribution in [0.15, 0.2) is 77.7 Å². The molecule has 0 atom stereocenters. The van der Waals surface area contributed by atoms with Crippen LogP contribution in [0.2, 0.25) is 0 Å². The summed E-state index contributed by atoms with van der Waals surface area (Å²) in [7, 11) is 2.00. The lowest BCUT2D eigenvalue weighted by Crippen LogP contribution is -2.31. The molecule has 0 amide bonds. The zero-order valence-electron chi connectivity index (χ0n) is 14.1. The van der Waals surface area contributed by atoms with Crippen LogP contribution < -0.4 is 5.56 Å². The molecule has 0 saturated carbocycles. The van der Waals surface area contributed by atoms with Crippen LogP contribution in [-0.4, -0.2) is 21.7 Å². The molecular formula is C21H19N3O. The molecule has 0 spiro atoms. The van der Waals surface area contributed by atoms with Gasteiger partial charge in [0.25, 0.3) is 5.56 Å². The van der Waals surface area contributed by atoms with Crippen LogP contribution in [0.4, 0.5) is 0 Å². The van der Waals surface area contributed by atoms with E-state index in [1.807, 2.05) is 43.4 Å². The Balaban J connectivity index is 1.56. The van der Waals surface area contributed by atoms with Gasteiger partial charge < -0.3 is 0 Å². The van der Waals surface area contributed by atoms with Gasteiger partial charge in [-0.3, -0.25) is 9.69 Å². The summed E-state index contributed by atoms with van der Waals surface area (Å²) in [5.41, 5.74) is 1.17. The van der Waals surface area contributed by atoms with Crippen molar-refractivity contribution in [2.75, 3.05) is 7.05 Å². The molecule has 0 saturated heterocycles. The summed E-state index contributed by atoms with van der Waals surface area (Å²) in [6.45, 7) is 1.21. The van der Waals surface area contributed by atoms with Gasteiger partial charge in [-0.1, -0.05) is 54.6 Å². The highest BCUT2D eigenvalue weighted by Gasteiger charge is 2.07. The first kappa shape index (κ1) is 15.5. The minimum Gasteiger partial charge on any atom is -0.283 e. The van der Waals surface area contributed by atoms with E-state index >= 15 is 0 Å². The Bertz CT molecular complexity index is 1100. The van der Waals surface area contributed by atoms with E-state index in [4.69, 9.17) is 0 Å². The van der Waals surface area contributed by atoms with Crippen molar-refractivity contribution in [1.82, 2.24) is 14.7 Å². The molecule has 0 bridgehead atoms. The predicted octanol–water partition coefficient (Wildman–Crippen LogP) is 3.64. The summed E-state index contributed by atoms with van der Waals surface area (Å²) in [4.78, 5) is 14.7. The van der Waals surface area contributed by atoms with E-state index in [0.29, 0.717) is 12.1 Å². The molecule has 0 unspecified atom stereocenters. The van der Waals surface area contributed by atoms with Gasteiger partial charge >= 0.3 is 0 Å². The lowest BCUT2D eigenvalue weighted by Gasteiger charge is -2.18. The van der Waals surface area contributed by atoms with Crippen LogP contribution in [0.5, 0.6) is 0 Å². The van der Waals surface area contributed by atoms with Crippen LogP contribution in [0.25, 0.3) is 21.5 Å². The van der Waals surface area contributed by atoms with Gasteiger partial charge in [0.1, 0.15) is 0 Å². The Kier molecular flexibility index (Phi) is 4.04. The molecule has 1 heterocycles. The van der Waals surface area contributed by atoms with Crippen LogP contribution in [0, 0.1) is 0 Å². The average Bonchev–Trinajstić information content (AvgIpc) is 2.64. The molecule has 4 nitrogen and oxygen atoms in total. The van der Waals surface area contributed by atoms with Gasteiger partial charge in [0.05, 0.1) is 18.3 Å². The molecule has 0 radical (unpaired) electrons. The van der Waals surface area contributed by atoms with Crippen molar-refractivity contribution in [2.45, 2.75) is 13.2 Å². The fraction of sp³-hybridized carbons (Fsp3) is 0.143. The van der Waals surface area contributed by atoms with E-state index in [9.17, 15) is 4.79 Å². The molecule has 0 aliphatic carbocycles. The van der Waals surface area contributed by atoms with E-state index in [2.05, 4.69) is 40.3 Å². The third-order valence-corrected chi connectivity index (χ3v) is 4.40. The van der Waals surface area contributed by atoms with Crippen molar-refractivity contribution >= 4 is 21.5 Å². The maximum Gasteiger partial charge on any atom is 0.275 e. The molecule has 0 N–H and O–H groups in total. The number of hydrogen-bond donors (Lipinski definition) is 0. The summed E-state index contributed by atoms with van der Waals surface area (Å²) in [5, 5.41) is 8.35. The molecule has 4 aromatic rings. The van der Waals surface area contributed by atoms with E-state index in [0.717, 1.165) is 11.9 Å². The first-order valence-electron chi connectivity index (χ1n) is 8.32. The van der Waals surface area contributed by atoms with Gasteiger partial charge in [-0.25, -0.2) is 4.68 Å². The van der Waals surface area contributed by atoms with E-state index in [1.165, 1.54) is 21.0 Å². The molecule has 124 valence electrons. The highest BCUT2D eigenvalue weighted by atomic mass is 16.1. The molecule has 0 fully saturated rings. The van der Waals surface area contributed by atoms with E-state index < -0.39 is 0 Å². The summed E-state index contributed by atoms with van der Waals surface area (Å²) in [5.74, 6) is 0. The van der Waals surface area contributed by atoms with Crippen molar-refractivity contribution < 1.29 is 0 Å². The Morgan fingerprint density at radius 3 is 2.48 bits per heavy atom. The van der Waals surface area contributed by atoms with Gasteiger partial charge in [-0.2, -0.15) is 5.10 Å². The zero-order valence-corrected chi connectivity index (χ0v) is 14.1. The molecule has 4 heteroatoms. The number of nitrogens with zero attached hydrogens (tertiary/aromatic N) is 3. The second kappa shape index (κ2) is 6.49. The Hall–Kier alpha value is -2.98. The van der Waals surface area contributed by atoms with Crippen LogP contribution in [0.1, 0.15) is 5.56 Å². The van der Waals surface area contributed by atoms with Gasteiger partial charge in [0.2, 0.25) is 0 Å². The second-order valence-corrected chi connectivity index (χ2v) is 6.37. The maximum atomic E-state index is 12.6. The second-order valence-electron chi connectivity index (χ2n) is 6.37. The number of rotatable bonds is 4. The van der Waals surface area contributed by atoms with Crippen LogP contribution in [0.3, 0.4) is 0 Å². The van der Waals surface area contributed by atoms with Gasteiger partial charge in [-0.05, 0) is 35.5 Å². The van der Waals surface area contributed by atoms with Gasteiger partial charge in [0, 0.05) is 11.9 Å². The largest absolute Gasteiger partial charge is 0.283 e. The summed E-state index contributed by atoms with van der Waals surface area (Å²) < 4.78 is 1.52. The third kappa shape index (κ3) is 3.16. The lowest BCUT2D eigenvalue weighted by molar-refractivity contribution is 0.241. The lowest BCUT2D eigenvalue weighted by atomic mass is 10.1. The fourth-order valence-corrected chi connectivity index (χ4v) is 3.16. The SMILES string of the molecule is CN(Cc1ccc2ccccc2c1)Cn1ncc2ccccc2c1=O. The predicted molar refractivity (Wildman–Crippen MR) is 101 cm³/mol. The fourth-order valence-electron chi connectivity index (χ4n) is 3.16. The third-order valence-electron chi connectivity index (χ3n) is 4.40. The molecule has 0 aliphatic rings. The highest BCUT2D eigenvalue weighted by molar-refractivity contribution is 5.83. The molecule has 4 rings (SSSR count). The Labute approximate surface area is 145 Å². The van der Waals surface area contributed by atoms with Crippen molar-refractivity contribution in [2.24, 2.45) is 0 Å². The molecule has 1 aromatic heterocycles. The number of benzene rings is 3. The van der Waals surface area contributed by atoms with E-state index in [1.54, 1.807) is 6.20 Å². The van der Waals surface area contributed by atoms with Gasteiger partial charge in [-0.15, -0.1) is 0 Å². The quantitative estimate of drug-likeness (QED) is 0.574. The molecule has 25 heavy (non-hydrogen) atoms. The number of fused-ring (bicyclic) bond motifs is 2. The maximum absolute atomic E-state index is 12.6. The number of hydrogen-bond acceptors (Lipinski definition) is 3. The zero-order chi connectivity index (χ0) is 17.2. The monoisotopic (exact) mass is 329 g/mol. The summed E-state index contributed by atoms with van der Waals surface area (Å²) >= 11 is 0. The van der Waals surface area contributed by atoms with Crippen molar-refractivity contribution in [1.29, 1.82) is 0 Å². The minimum absolute atomic E-state index is 0.0524. The van der Waals surface area contributed by atoms with Crippen molar-refractivity contribution in [3.63, 3.8) is 0 Å².